The third-order valence-electron chi connectivity index (χ3n) is 2.93. The van der Waals surface area contributed by atoms with Crippen LogP contribution < -0.4 is 11.5 Å². The molecule has 0 saturated carbocycles. The normalized spacial score (nSPS) is 22.4. The highest BCUT2D eigenvalue weighted by Crippen LogP contribution is 2.32. The lowest BCUT2D eigenvalue weighted by molar-refractivity contribution is -0.0503. The highest BCUT2D eigenvalue weighted by Gasteiger charge is 2.39. The standard InChI is InChI=1S/C8H20N2O/c1-4-7(2,5-9)8(3,11)6-10/h11H,4-6,9-10H2,1-3H3. The summed E-state index contributed by atoms with van der Waals surface area (Å²) in [6.45, 7) is 6.43. The molecule has 0 radical (unpaired) electrons. The van der Waals surface area contributed by atoms with Gasteiger partial charge >= 0.3 is 0 Å². The summed E-state index contributed by atoms with van der Waals surface area (Å²) in [5.41, 5.74) is 9.89. The Morgan fingerprint density at radius 3 is 1.73 bits per heavy atom. The summed E-state index contributed by atoms with van der Waals surface area (Å²) in [6.07, 6.45) is 0.841. The van der Waals surface area contributed by atoms with Gasteiger partial charge in [-0.05, 0) is 13.3 Å². The van der Waals surface area contributed by atoms with Crippen LogP contribution in [0.1, 0.15) is 27.2 Å². The molecule has 5 N–H and O–H groups in total. The zero-order chi connectivity index (χ0) is 9.12. The summed E-state index contributed by atoms with van der Waals surface area (Å²) in [6, 6.07) is 0. The Morgan fingerprint density at radius 2 is 1.64 bits per heavy atom. The maximum atomic E-state index is 9.84. The third-order valence-corrected chi connectivity index (χ3v) is 2.93. The van der Waals surface area contributed by atoms with E-state index in [1.165, 1.54) is 0 Å². The Morgan fingerprint density at radius 1 is 1.18 bits per heavy atom. The van der Waals surface area contributed by atoms with Crippen molar-refractivity contribution in [2.24, 2.45) is 16.9 Å². The van der Waals surface area contributed by atoms with Gasteiger partial charge in [-0.25, -0.2) is 0 Å². The van der Waals surface area contributed by atoms with Crippen LogP contribution in [0.5, 0.6) is 0 Å². The molecule has 0 saturated heterocycles. The van der Waals surface area contributed by atoms with Crippen molar-refractivity contribution < 1.29 is 5.11 Å². The molecule has 68 valence electrons. The molecule has 3 nitrogen and oxygen atoms in total. The minimum atomic E-state index is -0.851. The van der Waals surface area contributed by atoms with Crippen molar-refractivity contribution in [2.45, 2.75) is 32.8 Å². The zero-order valence-electron chi connectivity index (χ0n) is 7.72. The monoisotopic (exact) mass is 160 g/mol. The highest BCUT2D eigenvalue weighted by atomic mass is 16.3. The Bertz CT molecular complexity index is 119. The summed E-state index contributed by atoms with van der Waals surface area (Å²) in [4.78, 5) is 0. The predicted octanol–water partition coefficient (Wildman–Crippen LogP) is 0.0711. The molecule has 0 spiro atoms. The first kappa shape index (κ1) is 10.9. The molecule has 0 aromatic heterocycles. The van der Waals surface area contributed by atoms with Crippen LogP contribution in [-0.2, 0) is 0 Å². The summed E-state index contributed by atoms with van der Waals surface area (Å²) < 4.78 is 0. The van der Waals surface area contributed by atoms with E-state index in [0.717, 1.165) is 6.42 Å². The Balaban J connectivity index is 4.47. The van der Waals surface area contributed by atoms with Gasteiger partial charge in [0.15, 0.2) is 0 Å². The van der Waals surface area contributed by atoms with Crippen LogP contribution in [-0.4, -0.2) is 23.8 Å². The molecular formula is C8H20N2O. The molecule has 2 atom stereocenters. The zero-order valence-corrected chi connectivity index (χ0v) is 7.72. The molecule has 0 aromatic carbocycles. The van der Waals surface area contributed by atoms with E-state index in [4.69, 9.17) is 11.5 Å². The van der Waals surface area contributed by atoms with Crippen molar-refractivity contribution in [1.82, 2.24) is 0 Å². The second-order valence-corrected chi connectivity index (χ2v) is 3.60. The van der Waals surface area contributed by atoms with Crippen molar-refractivity contribution >= 4 is 0 Å². The lowest BCUT2D eigenvalue weighted by Gasteiger charge is -2.40. The van der Waals surface area contributed by atoms with E-state index in [9.17, 15) is 5.11 Å². The summed E-state index contributed by atoms with van der Waals surface area (Å²) >= 11 is 0. The molecule has 11 heavy (non-hydrogen) atoms. The topological polar surface area (TPSA) is 72.3 Å². The Kier molecular flexibility index (Phi) is 3.48. The lowest BCUT2D eigenvalue weighted by Crippen LogP contribution is -2.53. The van der Waals surface area contributed by atoms with Crippen LogP contribution in [0, 0.1) is 5.41 Å². The average Bonchev–Trinajstić information content (AvgIpc) is 2.02. The quantitative estimate of drug-likeness (QED) is 0.545. The SMILES string of the molecule is CCC(C)(CN)C(C)(O)CN. The summed E-state index contributed by atoms with van der Waals surface area (Å²) in [7, 11) is 0. The number of aliphatic hydroxyl groups is 1. The first-order valence-corrected chi connectivity index (χ1v) is 4.06. The van der Waals surface area contributed by atoms with Gasteiger partial charge in [0.1, 0.15) is 0 Å². The minimum Gasteiger partial charge on any atom is -0.388 e. The molecular weight excluding hydrogens is 140 g/mol. The molecule has 0 rings (SSSR count). The first-order chi connectivity index (χ1) is 4.93. The van der Waals surface area contributed by atoms with Gasteiger partial charge < -0.3 is 16.6 Å². The molecule has 0 aliphatic carbocycles. The van der Waals surface area contributed by atoms with E-state index < -0.39 is 5.60 Å². The first-order valence-electron chi connectivity index (χ1n) is 4.06. The fraction of sp³-hybridized carbons (Fsp3) is 1.00. The maximum absolute atomic E-state index is 9.84. The smallest absolute Gasteiger partial charge is 0.0806 e. The van der Waals surface area contributed by atoms with Crippen LogP contribution in [0.15, 0.2) is 0 Å². The Labute approximate surface area is 68.8 Å². The van der Waals surface area contributed by atoms with Crippen molar-refractivity contribution in [1.29, 1.82) is 0 Å². The second kappa shape index (κ2) is 3.52. The summed E-state index contributed by atoms with van der Waals surface area (Å²) in [5, 5.41) is 9.84. The predicted molar refractivity (Wildman–Crippen MR) is 47.1 cm³/mol. The van der Waals surface area contributed by atoms with E-state index in [1.807, 2.05) is 13.8 Å². The van der Waals surface area contributed by atoms with Crippen LogP contribution >= 0.6 is 0 Å². The van der Waals surface area contributed by atoms with Gasteiger partial charge in [-0.3, -0.25) is 0 Å². The van der Waals surface area contributed by atoms with Crippen LogP contribution in [0.4, 0.5) is 0 Å². The van der Waals surface area contributed by atoms with Gasteiger partial charge in [-0.1, -0.05) is 13.8 Å². The second-order valence-electron chi connectivity index (χ2n) is 3.60. The van der Waals surface area contributed by atoms with Crippen molar-refractivity contribution in [2.75, 3.05) is 13.1 Å². The van der Waals surface area contributed by atoms with Crippen molar-refractivity contribution in [3.63, 3.8) is 0 Å². The number of hydrogen-bond donors (Lipinski definition) is 3. The third kappa shape index (κ3) is 1.92. The van der Waals surface area contributed by atoms with E-state index in [2.05, 4.69) is 0 Å². The number of nitrogens with two attached hydrogens (primary N) is 2. The fourth-order valence-corrected chi connectivity index (χ4v) is 0.991. The fourth-order valence-electron chi connectivity index (χ4n) is 0.991. The van der Waals surface area contributed by atoms with Crippen LogP contribution in [0.25, 0.3) is 0 Å². The van der Waals surface area contributed by atoms with E-state index in [1.54, 1.807) is 6.92 Å². The summed E-state index contributed by atoms with van der Waals surface area (Å²) in [5.74, 6) is 0. The number of hydrogen-bond acceptors (Lipinski definition) is 3. The molecule has 0 amide bonds. The van der Waals surface area contributed by atoms with Gasteiger partial charge in [-0.15, -0.1) is 0 Å². The molecule has 0 fully saturated rings. The molecule has 0 aromatic rings. The van der Waals surface area contributed by atoms with Gasteiger partial charge in [0.05, 0.1) is 5.60 Å². The molecule has 2 unspecified atom stereocenters. The lowest BCUT2D eigenvalue weighted by atomic mass is 9.72. The maximum Gasteiger partial charge on any atom is 0.0806 e. The van der Waals surface area contributed by atoms with Gasteiger partial charge in [0.2, 0.25) is 0 Å². The van der Waals surface area contributed by atoms with E-state index >= 15 is 0 Å². The molecule has 0 aliphatic rings. The van der Waals surface area contributed by atoms with Crippen molar-refractivity contribution in [3.05, 3.63) is 0 Å². The van der Waals surface area contributed by atoms with Crippen LogP contribution in [0.3, 0.4) is 0 Å². The van der Waals surface area contributed by atoms with E-state index in [-0.39, 0.29) is 12.0 Å². The minimum absolute atomic E-state index is 0.258. The van der Waals surface area contributed by atoms with Gasteiger partial charge in [0, 0.05) is 18.5 Å². The largest absolute Gasteiger partial charge is 0.388 e. The van der Waals surface area contributed by atoms with E-state index in [0.29, 0.717) is 6.54 Å². The number of rotatable bonds is 4. The highest BCUT2D eigenvalue weighted by molar-refractivity contribution is 4.93. The average molecular weight is 160 g/mol. The molecule has 3 heteroatoms. The van der Waals surface area contributed by atoms with Gasteiger partial charge in [-0.2, -0.15) is 0 Å². The van der Waals surface area contributed by atoms with Crippen molar-refractivity contribution in [3.8, 4) is 0 Å². The Hall–Kier alpha value is -0.120. The van der Waals surface area contributed by atoms with Gasteiger partial charge in [0.25, 0.3) is 0 Å². The molecule has 0 heterocycles. The molecule has 0 aliphatic heterocycles. The molecule has 0 bridgehead atoms. The van der Waals surface area contributed by atoms with Crippen LogP contribution in [0.2, 0.25) is 0 Å².